The Labute approximate surface area is 248 Å². The topological polar surface area (TPSA) is 165 Å². The van der Waals surface area contributed by atoms with Crippen molar-refractivity contribution in [3.63, 3.8) is 0 Å². The van der Waals surface area contributed by atoms with E-state index in [-0.39, 0.29) is 35.9 Å². The van der Waals surface area contributed by atoms with E-state index in [9.17, 15) is 9.90 Å². The van der Waals surface area contributed by atoms with Crippen molar-refractivity contribution in [3.8, 4) is 16.9 Å². The fourth-order valence-electron chi connectivity index (χ4n) is 4.77. The van der Waals surface area contributed by atoms with Crippen LogP contribution in [0.1, 0.15) is 43.4 Å². The lowest BCUT2D eigenvalue weighted by Crippen LogP contribution is -2.29. The second kappa shape index (κ2) is 14.5. The number of fused-ring (bicyclic) bond motifs is 1. The molecule has 0 aliphatic rings. The highest BCUT2D eigenvalue weighted by Crippen LogP contribution is 2.31. The maximum Gasteiger partial charge on any atom is 0.354 e. The monoisotopic (exact) mass is 597 g/mol. The number of hydrogen-bond acceptors (Lipinski definition) is 7. The van der Waals surface area contributed by atoms with Gasteiger partial charge in [0, 0.05) is 29.7 Å². The average Bonchev–Trinajstić information content (AvgIpc) is 3.38. The Balaban J connectivity index is 1.53. The molecule has 8 N–H and O–H groups in total. The number of amidine groups is 1. The maximum absolute atomic E-state index is 15.1. The zero-order valence-electron chi connectivity index (χ0n) is 23.5. The Bertz CT molecular complexity index is 1570. The zero-order valence-corrected chi connectivity index (χ0v) is 24.2. The summed E-state index contributed by atoms with van der Waals surface area (Å²) in [6, 6.07) is 11.7. The second-order valence-corrected chi connectivity index (χ2v) is 10.7. The van der Waals surface area contributed by atoms with E-state index in [0.29, 0.717) is 60.6 Å². The molecule has 0 saturated carbocycles. The van der Waals surface area contributed by atoms with Gasteiger partial charge in [0.05, 0.1) is 41.5 Å². The molecule has 2 atom stereocenters. The molecular weight excluding hydrogens is 561 g/mol. The number of aryl methyl sites for hydroxylation is 1. The number of aromatic nitrogens is 3. The van der Waals surface area contributed by atoms with E-state index in [0.717, 1.165) is 17.5 Å². The van der Waals surface area contributed by atoms with Gasteiger partial charge in [-0.25, -0.2) is 9.18 Å². The number of nitrogens with one attached hydrogen (secondary N) is 4. The van der Waals surface area contributed by atoms with Crippen LogP contribution in [0.4, 0.5) is 4.39 Å². The average molecular weight is 598 g/mol. The normalized spacial score (nSPS) is 12.9. The summed E-state index contributed by atoms with van der Waals surface area (Å²) in [4.78, 5) is 20.1. The molecular formula is C30H37ClFN7O3. The van der Waals surface area contributed by atoms with Gasteiger partial charge in [0.25, 0.3) is 0 Å². The lowest BCUT2D eigenvalue weighted by Gasteiger charge is -2.17. The van der Waals surface area contributed by atoms with Crippen molar-refractivity contribution in [2.45, 2.75) is 44.7 Å². The highest BCUT2D eigenvalue weighted by molar-refractivity contribution is 6.31. The van der Waals surface area contributed by atoms with Gasteiger partial charge in [-0.05, 0) is 80.6 Å². The van der Waals surface area contributed by atoms with E-state index in [1.54, 1.807) is 43.5 Å². The molecule has 10 nitrogen and oxygen atoms in total. The number of nitrogens with zero attached hydrogens (tertiary/aromatic N) is 2. The Morgan fingerprint density at radius 3 is 2.62 bits per heavy atom. The van der Waals surface area contributed by atoms with E-state index in [4.69, 9.17) is 27.9 Å². The summed E-state index contributed by atoms with van der Waals surface area (Å²) in [5.74, 6) is -0.154. The molecule has 0 saturated heterocycles. The molecule has 2 aromatic heterocycles. The third kappa shape index (κ3) is 7.81. The first kappa shape index (κ1) is 31.3. The summed E-state index contributed by atoms with van der Waals surface area (Å²) in [7, 11) is 0. The molecule has 0 unspecified atom stereocenters. The molecule has 2 heterocycles. The number of benzene rings is 2. The van der Waals surface area contributed by atoms with Crippen LogP contribution in [-0.4, -0.2) is 62.9 Å². The van der Waals surface area contributed by atoms with Gasteiger partial charge in [0.2, 0.25) is 0 Å². The molecule has 12 heteroatoms. The van der Waals surface area contributed by atoms with Gasteiger partial charge in [-0.1, -0.05) is 23.7 Å². The Morgan fingerprint density at radius 2 is 1.93 bits per heavy atom. The summed E-state index contributed by atoms with van der Waals surface area (Å²) < 4.78 is 16.5. The first-order chi connectivity index (χ1) is 20.2. The highest BCUT2D eigenvalue weighted by Gasteiger charge is 2.16. The summed E-state index contributed by atoms with van der Waals surface area (Å²) in [5, 5.41) is 33.3. The van der Waals surface area contributed by atoms with Gasteiger partial charge in [0.15, 0.2) is 5.82 Å². The highest BCUT2D eigenvalue weighted by atomic mass is 35.5. The van der Waals surface area contributed by atoms with Crippen LogP contribution in [0.5, 0.6) is 0 Å². The fourth-order valence-corrected chi connectivity index (χ4v) is 5.01. The molecule has 0 fully saturated rings. The molecule has 0 aliphatic carbocycles. The molecule has 0 amide bonds. The zero-order chi connectivity index (χ0) is 30.2. The number of nitrogens with two attached hydrogens (primary N) is 1. The lowest BCUT2D eigenvalue weighted by atomic mass is 10.0. The number of aromatic amines is 1. The number of halogens is 2. The SMILES string of the molecule is CC(=N)NCCCN[C@@H](CO)c1ccc(-n2cc3cc(-c4cc(CCC[C@@H](N)CO)cc(Cl)c4F)[nH]c3nc2=O)cc1. The predicted octanol–water partition coefficient (Wildman–Crippen LogP) is 3.42. The minimum atomic E-state index is -0.571. The molecule has 4 aromatic rings. The van der Waals surface area contributed by atoms with Crippen LogP contribution in [-0.2, 0) is 6.42 Å². The van der Waals surface area contributed by atoms with E-state index in [2.05, 4.69) is 20.6 Å². The quantitative estimate of drug-likeness (QED) is 0.0664. The largest absolute Gasteiger partial charge is 0.395 e. The van der Waals surface area contributed by atoms with Crippen molar-refractivity contribution < 1.29 is 14.6 Å². The van der Waals surface area contributed by atoms with E-state index in [1.807, 2.05) is 12.1 Å². The van der Waals surface area contributed by atoms with Gasteiger partial charge in [-0.15, -0.1) is 0 Å². The van der Waals surface area contributed by atoms with Crippen molar-refractivity contribution >= 4 is 28.5 Å². The number of aliphatic hydroxyl groups is 2. The van der Waals surface area contributed by atoms with Crippen LogP contribution < -0.4 is 22.1 Å². The molecule has 42 heavy (non-hydrogen) atoms. The Kier molecular flexibility index (Phi) is 10.8. The molecule has 4 rings (SSSR count). The first-order valence-electron chi connectivity index (χ1n) is 13.9. The standard InChI is InChI=1S/C30H37ClFN7O3/c1-18(33)35-10-3-11-36-27(17-41)20-6-8-23(9-7-20)39-15-21-14-26(37-29(21)38-30(39)42)24-12-19(13-25(31)28(24)32)4-2-5-22(34)16-40/h6-9,12-15,22,27,36,40-41H,2-5,10-11,16-17,34H2,1H3,(H2,33,35)(H,37,38,42)/t22-,27+/m1/s1. The summed E-state index contributed by atoms with van der Waals surface area (Å²) >= 11 is 6.21. The van der Waals surface area contributed by atoms with Crippen molar-refractivity contribution in [2.24, 2.45) is 5.73 Å². The van der Waals surface area contributed by atoms with Gasteiger partial charge in [-0.2, -0.15) is 4.98 Å². The summed E-state index contributed by atoms with van der Waals surface area (Å²) in [6.07, 6.45) is 4.41. The van der Waals surface area contributed by atoms with Crippen LogP contribution in [0.2, 0.25) is 5.02 Å². The third-order valence-corrected chi connectivity index (χ3v) is 7.33. The van der Waals surface area contributed by atoms with Crippen LogP contribution in [0, 0.1) is 11.2 Å². The second-order valence-electron chi connectivity index (χ2n) is 10.3. The number of aliphatic hydroxyl groups excluding tert-OH is 2. The van der Waals surface area contributed by atoms with Crippen LogP contribution in [0.25, 0.3) is 28.0 Å². The van der Waals surface area contributed by atoms with Crippen LogP contribution >= 0.6 is 11.6 Å². The first-order valence-corrected chi connectivity index (χ1v) is 14.3. The predicted molar refractivity (Wildman–Crippen MR) is 164 cm³/mol. The number of H-pyrrole nitrogens is 1. The van der Waals surface area contributed by atoms with Crippen molar-refractivity contribution in [3.05, 3.63) is 81.1 Å². The minimum Gasteiger partial charge on any atom is -0.395 e. The van der Waals surface area contributed by atoms with E-state index < -0.39 is 11.5 Å². The van der Waals surface area contributed by atoms with Crippen LogP contribution in [0.15, 0.2) is 53.5 Å². The fraction of sp³-hybridized carbons (Fsp3) is 0.367. The van der Waals surface area contributed by atoms with Gasteiger partial charge >= 0.3 is 5.69 Å². The van der Waals surface area contributed by atoms with Crippen LogP contribution in [0.3, 0.4) is 0 Å². The van der Waals surface area contributed by atoms with Crippen molar-refractivity contribution in [1.29, 1.82) is 5.41 Å². The Morgan fingerprint density at radius 1 is 1.17 bits per heavy atom. The van der Waals surface area contributed by atoms with E-state index >= 15 is 4.39 Å². The molecule has 0 spiro atoms. The molecule has 0 radical (unpaired) electrons. The molecule has 0 bridgehead atoms. The lowest BCUT2D eigenvalue weighted by molar-refractivity contribution is 0.244. The summed E-state index contributed by atoms with van der Waals surface area (Å²) in [6.45, 7) is 2.85. The molecule has 0 aliphatic heterocycles. The number of hydrogen-bond donors (Lipinski definition) is 7. The van der Waals surface area contributed by atoms with Gasteiger partial charge in [-0.3, -0.25) is 9.98 Å². The Hall–Kier alpha value is -3.61. The molecule has 2 aromatic carbocycles. The van der Waals surface area contributed by atoms with Crippen molar-refractivity contribution in [1.82, 2.24) is 25.2 Å². The van der Waals surface area contributed by atoms with Gasteiger partial charge in [0.1, 0.15) is 5.65 Å². The third-order valence-electron chi connectivity index (χ3n) is 7.05. The van der Waals surface area contributed by atoms with E-state index in [1.165, 1.54) is 4.57 Å². The number of rotatable bonds is 14. The van der Waals surface area contributed by atoms with Gasteiger partial charge < -0.3 is 31.6 Å². The maximum atomic E-state index is 15.1. The minimum absolute atomic E-state index is 0.00552. The summed E-state index contributed by atoms with van der Waals surface area (Å²) in [5.41, 5.74) is 8.64. The van der Waals surface area contributed by atoms with Crippen molar-refractivity contribution in [2.75, 3.05) is 26.3 Å². The molecule has 224 valence electrons. The smallest absolute Gasteiger partial charge is 0.354 e.